The van der Waals surface area contributed by atoms with E-state index in [2.05, 4.69) is 5.32 Å². The maximum absolute atomic E-state index is 11.4. The summed E-state index contributed by atoms with van der Waals surface area (Å²) >= 11 is 0. The summed E-state index contributed by atoms with van der Waals surface area (Å²) in [6.45, 7) is 9.41. The van der Waals surface area contributed by atoms with Crippen LogP contribution in [0.4, 0.5) is 0 Å². The fourth-order valence-corrected chi connectivity index (χ4v) is 1.30. The zero-order valence-corrected chi connectivity index (χ0v) is 11.7. The summed E-state index contributed by atoms with van der Waals surface area (Å²) in [6, 6.07) is 0. The van der Waals surface area contributed by atoms with Crippen LogP contribution in [-0.4, -0.2) is 30.7 Å². The second-order valence-corrected chi connectivity index (χ2v) is 5.47. The quantitative estimate of drug-likeness (QED) is 0.608. The number of hydrogen-bond donors (Lipinski definition) is 2. The molecule has 0 bridgehead atoms. The minimum atomic E-state index is -0.261. The van der Waals surface area contributed by atoms with Gasteiger partial charge in [0.05, 0.1) is 6.10 Å². The zero-order valence-electron chi connectivity index (χ0n) is 11.7. The summed E-state index contributed by atoms with van der Waals surface area (Å²) in [5.74, 6) is 0.0910. The monoisotopic (exact) mass is 244 g/mol. The molecule has 0 atom stereocenters. The number of rotatable bonds is 9. The molecule has 1 amide bonds. The normalized spacial score (nSPS) is 11.9. The lowest BCUT2D eigenvalue weighted by atomic mass is 10.00. The van der Waals surface area contributed by atoms with Crippen LogP contribution in [0.1, 0.15) is 53.4 Å². The van der Waals surface area contributed by atoms with Crippen molar-refractivity contribution in [2.24, 2.45) is 5.73 Å². The highest BCUT2D eigenvalue weighted by molar-refractivity contribution is 5.75. The van der Waals surface area contributed by atoms with Crippen LogP contribution < -0.4 is 11.1 Å². The van der Waals surface area contributed by atoms with E-state index in [9.17, 15) is 4.79 Å². The lowest BCUT2D eigenvalue weighted by molar-refractivity contribution is -0.121. The van der Waals surface area contributed by atoms with E-state index >= 15 is 0 Å². The highest BCUT2D eigenvalue weighted by Crippen LogP contribution is 2.06. The van der Waals surface area contributed by atoms with Crippen molar-refractivity contribution in [2.45, 2.75) is 65.0 Å². The highest BCUT2D eigenvalue weighted by Gasteiger charge is 2.12. The molecule has 0 radical (unpaired) electrons. The Hall–Kier alpha value is -0.610. The maximum atomic E-state index is 11.4. The molecular weight excluding hydrogens is 216 g/mol. The summed E-state index contributed by atoms with van der Waals surface area (Å²) < 4.78 is 5.41. The van der Waals surface area contributed by atoms with E-state index in [4.69, 9.17) is 10.5 Å². The summed E-state index contributed by atoms with van der Waals surface area (Å²) in [7, 11) is 0. The molecule has 0 aliphatic heterocycles. The molecule has 3 N–H and O–H groups in total. The third kappa shape index (κ3) is 13.3. The van der Waals surface area contributed by atoms with E-state index in [0.717, 1.165) is 32.4 Å². The van der Waals surface area contributed by atoms with Crippen LogP contribution >= 0.6 is 0 Å². The Morgan fingerprint density at radius 3 is 2.53 bits per heavy atom. The van der Waals surface area contributed by atoms with Crippen molar-refractivity contribution in [3.8, 4) is 0 Å². The first-order chi connectivity index (χ1) is 7.81. The Morgan fingerprint density at radius 1 is 1.35 bits per heavy atom. The van der Waals surface area contributed by atoms with Crippen LogP contribution in [0.2, 0.25) is 0 Å². The average Bonchev–Trinajstić information content (AvgIpc) is 2.19. The van der Waals surface area contributed by atoms with Crippen molar-refractivity contribution in [3.05, 3.63) is 0 Å². The van der Waals surface area contributed by atoms with E-state index in [1.807, 2.05) is 27.7 Å². The van der Waals surface area contributed by atoms with Crippen molar-refractivity contribution in [3.63, 3.8) is 0 Å². The molecular formula is C13H28N2O2. The van der Waals surface area contributed by atoms with Crippen LogP contribution in [-0.2, 0) is 9.53 Å². The number of carbonyl (C=O) groups excluding carboxylic acids is 1. The molecule has 102 valence electrons. The number of carbonyl (C=O) groups is 1. The maximum Gasteiger partial charge on any atom is 0.220 e. The third-order valence-electron chi connectivity index (χ3n) is 2.34. The van der Waals surface area contributed by atoms with Gasteiger partial charge >= 0.3 is 0 Å². The summed E-state index contributed by atoms with van der Waals surface area (Å²) in [6.07, 6.45) is 3.46. The van der Waals surface area contributed by atoms with E-state index < -0.39 is 0 Å². The fraction of sp³-hybridized carbons (Fsp3) is 0.923. The highest BCUT2D eigenvalue weighted by atomic mass is 16.5. The number of unbranched alkanes of at least 4 members (excludes halogenated alkanes) is 1. The minimum Gasteiger partial charge on any atom is -0.379 e. The molecule has 4 heteroatoms. The van der Waals surface area contributed by atoms with Gasteiger partial charge in [-0.05, 0) is 47.0 Å². The van der Waals surface area contributed by atoms with Gasteiger partial charge in [0.2, 0.25) is 5.91 Å². The molecule has 0 aromatic carbocycles. The third-order valence-corrected chi connectivity index (χ3v) is 2.34. The van der Waals surface area contributed by atoms with E-state index in [-0.39, 0.29) is 17.6 Å². The molecule has 0 aromatic rings. The topological polar surface area (TPSA) is 64.3 Å². The molecule has 0 rings (SSSR count). The standard InChI is InChI=1S/C13H28N2O2/c1-11(2)17-10-6-5-9-15-12(16)7-8-13(3,4)14/h11H,5-10,14H2,1-4H3,(H,15,16). The molecule has 0 saturated heterocycles. The predicted octanol–water partition coefficient (Wildman–Crippen LogP) is 1.83. The molecule has 0 aliphatic rings. The van der Waals surface area contributed by atoms with Gasteiger partial charge in [0.15, 0.2) is 0 Å². The molecule has 4 nitrogen and oxygen atoms in total. The van der Waals surface area contributed by atoms with Gasteiger partial charge in [0, 0.05) is 25.1 Å². The minimum absolute atomic E-state index is 0.0910. The SMILES string of the molecule is CC(C)OCCCCNC(=O)CCC(C)(C)N. The lowest BCUT2D eigenvalue weighted by Crippen LogP contribution is -2.34. The summed E-state index contributed by atoms with van der Waals surface area (Å²) in [4.78, 5) is 11.4. The summed E-state index contributed by atoms with van der Waals surface area (Å²) in [5, 5.41) is 2.89. The molecule has 0 saturated carbocycles. The number of amides is 1. The zero-order chi connectivity index (χ0) is 13.3. The molecule has 0 unspecified atom stereocenters. The van der Waals surface area contributed by atoms with Gasteiger partial charge < -0.3 is 15.8 Å². The average molecular weight is 244 g/mol. The van der Waals surface area contributed by atoms with Gasteiger partial charge in [-0.3, -0.25) is 4.79 Å². The Bertz CT molecular complexity index is 210. The second-order valence-electron chi connectivity index (χ2n) is 5.47. The Morgan fingerprint density at radius 2 is 2.00 bits per heavy atom. The molecule has 0 aromatic heterocycles. The van der Waals surface area contributed by atoms with Crippen LogP contribution in [0.15, 0.2) is 0 Å². The first-order valence-corrected chi connectivity index (χ1v) is 6.48. The first-order valence-electron chi connectivity index (χ1n) is 6.48. The van der Waals surface area contributed by atoms with Crippen LogP contribution in [0.5, 0.6) is 0 Å². The predicted molar refractivity (Wildman–Crippen MR) is 70.8 cm³/mol. The Kier molecular flexibility index (Phi) is 8.17. The number of hydrogen-bond acceptors (Lipinski definition) is 3. The van der Waals surface area contributed by atoms with Gasteiger partial charge in [0.1, 0.15) is 0 Å². The van der Waals surface area contributed by atoms with Gasteiger partial charge in [0.25, 0.3) is 0 Å². The van der Waals surface area contributed by atoms with Crippen molar-refractivity contribution < 1.29 is 9.53 Å². The smallest absolute Gasteiger partial charge is 0.220 e. The molecule has 0 aliphatic carbocycles. The molecule has 0 spiro atoms. The van der Waals surface area contributed by atoms with Crippen LogP contribution in [0, 0.1) is 0 Å². The first kappa shape index (κ1) is 16.4. The molecule has 0 fully saturated rings. The number of nitrogens with one attached hydrogen (secondary N) is 1. The molecule has 0 heterocycles. The fourth-order valence-electron chi connectivity index (χ4n) is 1.30. The van der Waals surface area contributed by atoms with Crippen molar-refractivity contribution in [1.82, 2.24) is 5.32 Å². The second kappa shape index (κ2) is 8.48. The van der Waals surface area contributed by atoms with Crippen molar-refractivity contribution in [2.75, 3.05) is 13.2 Å². The lowest BCUT2D eigenvalue weighted by Gasteiger charge is -2.17. The van der Waals surface area contributed by atoms with E-state index in [1.165, 1.54) is 0 Å². The van der Waals surface area contributed by atoms with Gasteiger partial charge in [-0.2, -0.15) is 0 Å². The van der Waals surface area contributed by atoms with Gasteiger partial charge in [-0.25, -0.2) is 0 Å². The van der Waals surface area contributed by atoms with E-state index in [0.29, 0.717) is 6.42 Å². The summed E-state index contributed by atoms with van der Waals surface area (Å²) in [5.41, 5.74) is 5.55. The van der Waals surface area contributed by atoms with Gasteiger partial charge in [-0.15, -0.1) is 0 Å². The number of ether oxygens (including phenoxy) is 1. The van der Waals surface area contributed by atoms with Gasteiger partial charge in [-0.1, -0.05) is 0 Å². The van der Waals surface area contributed by atoms with E-state index in [1.54, 1.807) is 0 Å². The van der Waals surface area contributed by atoms with Crippen LogP contribution in [0.3, 0.4) is 0 Å². The Labute approximate surface area is 105 Å². The number of nitrogens with two attached hydrogens (primary N) is 1. The largest absolute Gasteiger partial charge is 0.379 e. The van der Waals surface area contributed by atoms with Crippen molar-refractivity contribution in [1.29, 1.82) is 0 Å². The molecule has 17 heavy (non-hydrogen) atoms. The van der Waals surface area contributed by atoms with Crippen molar-refractivity contribution >= 4 is 5.91 Å². The van der Waals surface area contributed by atoms with Crippen LogP contribution in [0.25, 0.3) is 0 Å². The Balaban J connectivity index is 3.34.